The molecule has 148 valence electrons. The second-order valence-corrected chi connectivity index (χ2v) is 7.63. The highest BCUT2D eigenvalue weighted by Crippen LogP contribution is 2.27. The number of pyridine rings is 1. The molecule has 0 spiro atoms. The van der Waals surface area contributed by atoms with E-state index >= 15 is 0 Å². The standard InChI is InChI=1S/C21H21ClN6O/c1-27-19-14(12-17(20(27)29)16-4-2-3-5-18(16)22)13-24-21(26-19)25-15-6-9-28(10-7-15)11-8-23/h2-5,12-13,15H,6-7,9-11H2,1H3,(H,24,25,26). The molecular weight excluding hydrogens is 388 g/mol. The summed E-state index contributed by atoms with van der Waals surface area (Å²) in [7, 11) is 1.71. The van der Waals surface area contributed by atoms with Crippen molar-refractivity contribution in [2.75, 3.05) is 25.0 Å². The average molecular weight is 409 g/mol. The lowest BCUT2D eigenvalue weighted by Gasteiger charge is -2.30. The summed E-state index contributed by atoms with van der Waals surface area (Å²) in [5, 5.41) is 13.5. The number of benzene rings is 1. The van der Waals surface area contributed by atoms with Crippen molar-refractivity contribution in [2.45, 2.75) is 18.9 Å². The zero-order valence-electron chi connectivity index (χ0n) is 16.1. The summed E-state index contributed by atoms with van der Waals surface area (Å²) in [4.78, 5) is 24.1. The second-order valence-electron chi connectivity index (χ2n) is 7.23. The Labute approximate surface area is 173 Å². The van der Waals surface area contributed by atoms with Crippen LogP contribution in [-0.2, 0) is 7.05 Å². The molecule has 0 aliphatic carbocycles. The molecule has 1 aliphatic heterocycles. The highest BCUT2D eigenvalue weighted by molar-refractivity contribution is 6.33. The van der Waals surface area contributed by atoms with Crippen LogP contribution >= 0.6 is 11.6 Å². The summed E-state index contributed by atoms with van der Waals surface area (Å²) in [6.45, 7) is 2.21. The summed E-state index contributed by atoms with van der Waals surface area (Å²) < 4.78 is 1.54. The molecule has 0 radical (unpaired) electrons. The van der Waals surface area contributed by atoms with E-state index < -0.39 is 0 Å². The number of nitrogens with one attached hydrogen (secondary N) is 1. The van der Waals surface area contributed by atoms with E-state index in [0.717, 1.165) is 31.3 Å². The number of aryl methyl sites for hydroxylation is 1. The van der Waals surface area contributed by atoms with Crippen LogP contribution in [0.15, 0.2) is 41.3 Å². The third kappa shape index (κ3) is 3.95. The molecule has 3 heterocycles. The van der Waals surface area contributed by atoms with Crippen LogP contribution in [0.4, 0.5) is 5.95 Å². The predicted molar refractivity (Wildman–Crippen MR) is 114 cm³/mol. The molecule has 1 N–H and O–H groups in total. The van der Waals surface area contributed by atoms with Crippen molar-refractivity contribution in [3.8, 4) is 17.2 Å². The van der Waals surface area contributed by atoms with Crippen LogP contribution < -0.4 is 10.9 Å². The molecule has 0 unspecified atom stereocenters. The summed E-state index contributed by atoms with van der Waals surface area (Å²) >= 11 is 6.29. The van der Waals surface area contributed by atoms with Crippen LogP contribution in [0.5, 0.6) is 0 Å². The molecule has 0 bridgehead atoms. The first-order chi connectivity index (χ1) is 14.1. The Bertz CT molecular complexity index is 1140. The number of nitriles is 1. The molecule has 2 aromatic heterocycles. The minimum Gasteiger partial charge on any atom is -0.351 e. The van der Waals surface area contributed by atoms with E-state index in [9.17, 15) is 4.79 Å². The molecule has 3 aromatic rings. The van der Waals surface area contributed by atoms with E-state index in [1.54, 1.807) is 25.4 Å². The van der Waals surface area contributed by atoms with E-state index in [2.05, 4.69) is 26.3 Å². The van der Waals surface area contributed by atoms with Gasteiger partial charge in [-0.15, -0.1) is 0 Å². The quantitative estimate of drug-likeness (QED) is 0.667. The molecule has 0 amide bonds. The number of halogens is 1. The Morgan fingerprint density at radius 3 is 2.76 bits per heavy atom. The lowest BCUT2D eigenvalue weighted by atomic mass is 10.1. The van der Waals surface area contributed by atoms with Crippen molar-refractivity contribution < 1.29 is 0 Å². The van der Waals surface area contributed by atoms with Crippen LogP contribution in [0.2, 0.25) is 5.02 Å². The van der Waals surface area contributed by atoms with Gasteiger partial charge in [0.15, 0.2) is 0 Å². The van der Waals surface area contributed by atoms with E-state index in [4.69, 9.17) is 16.9 Å². The van der Waals surface area contributed by atoms with Crippen LogP contribution in [0.1, 0.15) is 12.8 Å². The zero-order chi connectivity index (χ0) is 20.4. The predicted octanol–water partition coefficient (Wildman–Crippen LogP) is 3.05. The van der Waals surface area contributed by atoms with E-state index in [1.165, 1.54) is 4.57 Å². The topological polar surface area (TPSA) is 86.8 Å². The van der Waals surface area contributed by atoms with E-state index in [-0.39, 0.29) is 11.6 Å². The van der Waals surface area contributed by atoms with Crippen molar-refractivity contribution in [3.63, 3.8) is 0 Å². The van der Waals surface area contributed by atoms with Crippen LogP contribution in [0.3, 0.4) is 0 Å². The van der Waals surface area contributed by atoms with Gasteiger partial charge in [0.05, 0.1) is 12.6 Å². The molecule has 4 rings (SSSR count). The fourth-order valence-corrected chi connectivity index (χ4v) is 3.94. The highest BCUT2D eigenvalue weighted by atomic mass is 35.5. The van der Waals surface area contributed by atoms with Gasteiger partial charge in [-0.3, -0.25) is 14.3 Å². The van der Waals surface area contributed by atoms with Crippen molar-refractivity contribution in [1.29, 1.82) is 5.26 Å². The number of fused-ring (bicyclic) bond motifs is 1. The van der Waals surface area contributed by atoms with Crippen molar-refractivity contribution in [2.24, 2.45) is 7.05 Å². The van der Waals surface area contributed by atoms with Gasteiger partial charge in [-0.05, 0) is 25.0 Å². The number of nitrogens with zero attached hydrogens (tertiary/aromatic N) is 5. The third-order valence-corrected chi connectivity index (χ3v) is 5.66. The van der Waals surface area contributed by atoms with Gasteiger partial charge in [0.25, 0.3) is 5.56 Å². The van der Waals surface area contributed by atoms with Gasteiger partial charge in [-0.25, -0.2) is 4.98 Å². The maximum absolute atomic E-state index is 12.9. The van der Waals surface area contributed by atoms with Crippen molar-refractivity contribution >= 4 is 28.6 Å². The maximum Gasteiger partial charge on any atom is 0.259 e. The van der Waals surface area contributed by atoms with Gasteiger partial charge in [0.1, 0.15) is 5.65 Å². The Hall–Kier alpha value is -2.95. The lowest BCUT2D eigenvalue weighted by Crippen LogP contribution is -2.39. The zero-order valence-corrected chi connectivity index (χ0v) is 16.9. The molecule has 1 aromatic carbocycles. The molecule has 1 aliphatic rings. The Morgan fingerprint density at radius 2 is 2.03 bits per heavy atom. The van der Waals surface area contributed by atoms with E-state index in [1.807, 2.05) is 18.2 Å². The highest BCUT2D eigenvalue weighted by Gasteiger charge is 2.20. The molecule has 0 atom stereocenters. The number of likely N-dealkylation sites (tertiary alicyclic amines) is 1. The molecule has 1 fully saturated rings. The maximum atomic E-state index is 12.9. The molecule has 7 nitrogen and oxygen atoms in total. The van der Waals surface area contributed by atoms with Gasteiger partial charge in [0.2, 0.25) is 5.95 Å². The van der Waals surface area contributed by atoms with Crippen molar-refractivity contribution in [3.05, 3.63) is 51.9 Å². The fourth-order valence-electron chi connectivity index (χ4n) is 3.71. The van der Waals surface area contributed by atoms with Gasteiger partial charge in [-0.1, -0.05) is 29.8 Å². The number of anilines is 1. The van der Waals surface area contributed by atoms with Gasteiger partial charge in [-0.2, -0.15) is 10.2 Å². The monoisotopic (exact) mass is 408 g/mol. The number of aromatic nitrogens is 3. The third-order valence-electron chi connectivity index (χ3n) is 5.33. The summed E-state index contributed by atoms with van der Waals surface area (Å²) in [5.41, 5.74) is 1.65. The van der Waals surface area contributed by atoms with Gasteiger partial charge < -0.3 is 5.32 Å². The number of hydrogen-bond donors (Lipinski definition) is 1. The lowest BCUT2D eigenvalue weighted by molar-refractivity contribution is 0.242. The Kier molecular flexibility index (Phi) is 5.47. The minimum absolute atomic E-state index is 0.153. The van der Waals surface area contributed by atoms with Crippen molar-refractivity contribution in [1.82, 2.24) is 19.4 Å². The Balaban J connectivity index is 1.62. The molecule has 8 heteroatoms. The molecule has 29 heavy (non-hydrogen) atoms. The summed E-state index contributed by atoms with van der Waals surface area (Å²) in [6, 6.07) is 11.5. The van der Waals surface area contributed by atoms with Gasteiger partial charge in [0, 0.05) is 53.9 Å². The first kappa shape index (κ1) is 19.4. The summed E-state index contributed by atoms with van der Waals surface area (Å²) in [5.74, 6) is 0.511. The number of piperidine rings is 1. The normalized spacial score (nSPS) is 15.3. The largest absolute Gasteiger partial charge is 0.351 e. The first-order valence-electron chi connectivity index (χ1n) is 9.54. The fraction of sp³-hybridized carbons (Fsp3) is 0.333. The number of rotatable bonds is 4. The van der Waals surface area contributed by atoms with Crippen LogP contribution in [0.25, 0.3) is 22.2 Å². The smallest absolute Gasteiger partial charge is 0.259 e. The first-order valence-corrected chi connectivity index (χ1v) is 9.92. The Morgan fingerprint density at radius 1 is 1.28 bits per heavy atom. The second kappa shape index (κ2) is 8.19. The molecular formula is C21H21ClN6O. The van der Waals surface area contributed by atoms with Gasteiger partial charge >= 0.3 is 0 Å². The van der Waals surface area contributed by atoms with Crippen LogP contribution in [-0.4, -0.2) is 45.1 Å². The van der Waals surface area contributed by atoms with Crippen LogP contribution in [0, 0.1) is 11.3 Å². The summed E-state index contributed by atoms with van der Waals surface area (Å²) in [6.07, 6.45) is 3.58. The SMILES string of the molecule is Cn1c(=O)c(-c2ccccc2Cl)cc2cnc(NC3CCN(CC#N)CC3)nc21. The number of hydrogen-bond acceptors (Lipinski definition) is 6. The molecule has 0 saturated carbocycles. The molecule has 1 saturated heterocycles. The van der Waals surface area contributed by atoms with E-state index in [0.29, 0.717) is 34.3 Å². The minimum atomic E-state index is -0.153. The average Bonchev–Trinajstić information content (AvgIpc) is 2.73.